The molecule has 27 heavy (non-hydrogen) atoms. The molecule has 0 spiro atoms. The number of carbonyl (C=O) groups is 1. The molecule has 0 N–H and O–H groups in total. The zero-order chi connectivity index (χ0) is 19.6. The van der Waals surface area contributed by atoms with E-state index in [1.807, 2.05) is 0 Å². The fraction of sp³-hybridized carbons (Fsp3) is 0.500. The van der Waals surface area contributed by atoms with Crippen LogP contribution < -0.4 is 0 Å². The van der Waals surface area contributed by atoms with E-state index in [1.54, 1.807) is 19.0 Å². The van der Waals surface area contributed by atoms with E-state index in [4.69, 9.17) is 4.52 Å². The van der Waals surface area contributed by atoms with Crippen LogP contribution in [0.3, 0.4) is 0 Å². The molecule has 1 aliphatic rings. The minimum absolute atomic E-state index is 0.0274. The van der Waals surface area contributed by atoms with Crippen molar-refractivity contribution in [2.24, 2.45) is 5.92 Å². The molecule has 1 aromatic heterocycles. The smallest absolute Gasteiger partial charge is 0.349 e. The third-order valence-electron chi connectivity index (χ3n) is 4.65. The fourth-order valence-corrected chi connectivity index (χ4v) is 3.17. The van der Waals surface area contributed by atoms with Gasteiger partial charge in [0.05, 0.1) is 12.1 Å². The van der Waals surface area contributed by atoms with Crippen molar-refractivity contribution in [3.8, 4) is 11.4 Å². The first kappa shape index (κ1) is 19.3. The first-order valence-corrected chi connectivity index (χ1v) is 8.68. The monoisotopic (exact) mass is 382 g/mol. The zero-order valence-corrected chi connectivity index (χ0v) is 15.2. The Morgan fingerprint density at radius 3 is 2.63 bits per heavy atom. The van der Waals surface area contributed by atoms with Crippen molar-refractivity contribution in [2.45, 2.75) is 25.6 Å². The third-order valence-corrected chi connectivity index (χ3v) is 4.65. The van der Waals surface area contributed by atoms with Gasteiger partial charge < -0.3 is 9.42 Å². The number of amides is 1. The molecule has 0 bridgehead atoms. The summed E-state index contributed by atoms with van der Waals surface area (Å²) < 4.78 is 43.7. The van der Waals surface area contributed by atoms with Crippen molar-refractivity contribution in [1.29, 1.82) is 0 Å². The lowest BCUT2D eigenvalue weighted by molar-refractivity contribution is -0.137. The number of benzene rings is 1. The highest BCUT2D eigenvalue weighted by molar-refractivity contribution is 5.78. The van der Waals surface area contributed by atoms with Gasteiger partial charge in [-0.2, -0.15) is 18.2 Å². The minimum atomic E-state index is -4.42. The predicted molar refractivity (Wildman–Crippen MR) is 91.4 cm³/mol. The summed E-state index contributed by atoms with van der Waals surface area (Å²) in [7, 11) is 3.50. The normalized spacial score (nSPS) is 16.5. The average Bonchev–Trinajstić information content (AvgIpc) is 3.09. The molecule has 0 aliphatic carbocycles. The van der Waals surface area contributed by atoms with E-state index >= 15 is 0 Å². The molecular weight excluding hydrogens is 361 g/mol. The highest BCUT2D eigenvalue weighted by atomic mass is 19.4. The number of nitrogens with zero attached hydrogens (tertiary/aromatic N) is 4. The topological polar surface area (TPSA) is 62.5 Å². The number of aromatic nitrogens is 2. The summed E-state index contributed by atoms with van der Waals surface area (Å²) in [6.07, 6.45) is -2.91. The molecular formula is C18H21F3N4O2. The molecule has 9 heteroatoms. The summed E-state index contributed by atoms with van der Waals surface area (Å²) in [5, 5.41) is 3.80. The molecule has 146 valence electrons. The Morgan fingerprint density at radius 1 is 1.30 bits per heavy atom. The number of hydrogen-bond donors (Lipinski definition) is 0. The SMILES string of the molecule is CN(C)C(=O)C1CCN(Cc2nc(-c3cccc(C(F)(F)F)c3)no2)CC1. The Balaban J connectivity index is 1.62. The second-order valence-electron chi connectivity index (χ2n) is 6.87. The number of piperidine rings is 1. The Labute approximate surface area is 154 Å². The van der Waals surface area contributed by atoms with E-state index in [9.17, 15) is 18.0 Å². The largest absolute Gasteiger partial charge is 0.416 e. The molecule has 2 aromatic rings. The van der Waals surface area contributed by atoms with Gasteiger partial charge in [-0.3, -0.25) is 9.69 Å². The van der Waals surface area contributed by atoms with Crippen molar-refractivity contribution < 1.29 is 22.5 Å². The van der Waals surface area contributed by atoms with E-state index in [0.29, 0.717) is 12.4 Å². The number of halogens is 3. The third kappa shape index (κ3) is 4.65. The van der Waals surface area contributed by atoms with Crippen LogP contribution in [-0.2, 0) is 17.5 Å². The van der Waals surface area contributed by atoms with Crippen LogP contribution in [0.5, 0.6) is 0 Å². The molecule has 0 atom stereocenters. The van der Waals surface area contributed by atoms with Gasteiger partial charge in [0.2, 0.25) is 17.6 Å². The van der Waals surface area contributed by atoms with Crippen molar-refractivity contribution in [2.75, 3.05) is 27.2 Å². The van der Waals surface area contributed by atoms with Crippen LogP contribution in [0.15, 0.2) is 28.8 Å². The number of hydrogen-bond acceptors (Lipinski definition) is 5. The molecule has 1 saturated heterocycles. The molecule has 0 unspecified atom stereocenters. The lowest BCUT2D eigenvalue weighted by Crippen LogP contribution is -2.39. The molecule has 0 saturated carbocycles. The molecule has 1 aromatic carbocycles. The summed E-state index contributed by atoms with van der Waals surface area (Å²) in [6, 6.07) is 4.85. The van der Waals surface area contributed by atoms with E-state index in [1.165, 1.54) is 12.1 Å². The van der Waals surface area contributed by atoms with Gasteiger partial charge in [0, 0.05) is 25.6 Å². The van der Waals surface area contributed by atoms with Gasteiger partial charge in [-0.1, -0.05) is 17.3 Å². The maximum absolute atomic E-state index is 12.8. The van der Waals surface area contributed by atoms with Gasteiger partial charge in [-0.25, -0.2) is 0 Å². The van der Waals surface area contributed by atoms with Gasteiger partial charge in [-0.15, -0.1) is 0 Å². The van der Waals surface area contributed by atoms with Crippen molar-refractivity contribution in [3.63, 3.8) is 0 Å². The molecule has 6 nitrogen and oxygen atoms in total. The van der Waals surface area contributed by atoms with Crippen LogP contribution in [0.25, 0.3) is 11.4 Å². The Bertz CT molecular complexity index is 796. The first-order valence-electron chi connectivity index (χ1n) is 8.68. The number of likely N-dealkylation sites (tertiary alicyclic amines) is 1. The molecule has 3 rings (SSSR count). The molecule has 0 radical (unpaired) electrons. The second kappa shape index (κ2) is 7.67. The maximum atomic E-state index is 12.8. The van der Waals surface area contributed by atoms with E-state index in [-0.39, 0.29) is 23.2 Å². The van der Waals surface area contributed by atoms with E-state index in [0.717, 1.165) is 38.1 Å². The van der Waals surface area contributed by atoms with Crippen LogP contribution in [-0.4, -0.2) is 53.0 Å². The van der Waals surface area contributed by atoms with Gasteiger partial charge in [-0.05, 0) is 38.1 Å². The maximum Gasteiger partial charge on any atom is 0.416 e. The average molecular weight is 382 g/mol. The van der Waals surface area contributed by atoms with Gasteiger partial charge in [0.1, 0.15) is 0 Å². The molecule has 1 aliphatic heterocycles. The first-order chi connectivity index (χ1) is 12.7. The summed E-state index contributed by atoms with van der Waals surface area (Å²) >= 11 is 0. The predicted octanol–water partition coefficient (Wildman–Crippen LogP) is 3.06. The summed E-state index contributed by atoms with van der Waals surface area (Å²) in [6.45, 7) is 1.87. The summed E-state index contributed by atoms with van der Waals surface area (Å²) in [5.74, 6) is 0.646. The van der Waals surface area contributed by atoms with Gasteiger partial charge in [0.25, 0.3) is 0 Å². The zero-order valence-electron chi connectivity index (χ0n) is 15.2. The lowest BCUT2D eigenvalue weighted by atomic mass is 9.95. The van der Waals surface area contributed by atoms with Crippen molar-refractivity contribution in [1.82, 2.24) is 19.9 Å². The molecule has 2 heterocycles. The van der Waals surface area contributed by atoms with E-state index < -0.39 is 11.7 Å². The van der Waals surface area contributed by atoms with Crippen molar-refractivity contribution >= 4 is 5.91 Å². The number of carbonyl (C=O) groups excluding carboxylic acids is 1. The lowest BCUT2D eigenvalue weighted by Gasteiger charge is -2.31. The van der Waals surface area contributed by atoms with Crippen LogP contribution in [0, 0.1) is 5.92 Å². The van der Waals surface area contributed by atoms with Crippen LogP contribution >= 0.6 is 0 Å². The van der Waals surface area contributed by atoms with Crippen LogP contribution in [0.2, 0.25) is 0 Å². The standard InChI is InChI=1S/C18H21F3N4O2/c1-24(2)17(26)12-6-8-25(9-7-12)11-15-22-16(23-27-15)13-4-3-5-14(10-13)18(19,20)21/h3-5,10,12H,6-9,11H2,1-2H3. The number of rotatable bonds is 4. The van der Waals surface area contributed by atoms with Crippen molar-refractivity contribution in [3.05, 3.63) is 35.7 Å². The second-order valence-corrected chi connectivity index (χ2v) is 6.87. The fourth-order valence-electron chi connectivity index (χ4n) is 3.17. The molecule has 1 fully saturated rings. The highest BCUT2D eigenvalue weighted by Gasteiger charge is 2.31. The van der Waals surface area contributed by atoms with E-state index in [2.05, 4.69) is 15.0 Å². The van der Waals surface area contributed by atoms with Crippen LogP contribution in [0.1, 0.15) is 24.3 Å². The highest BCUT2D eigenvalue weighted by Crippen LogP contribution is 2.31. The Hall–Kier alpha value is -2.42. The van der Waals surface area contributed by atoms with Gasteiger partial charge >= 0.3 is 6.18 Å². The van der Waals surface area contributed by atoms with Crippen LogP contribution in [0.4, 0.5) is 13.2 Å². The summed E-state index contributed by atoms with van der Waals surface area (Å²) in [4.78, 5) is 19.9. The number of alkyl halides is 3. The minimum Gasteiger partial charge on any atom is -0.349 e. The molecule has 1 amide bonds. The van der Waals surface area contributed by atoms with Gasteiger partial charge in [0.15, 0.2) is 0 Å². The summed E-state index contributed by atoms with van der Waals surface area (Å²) in [5.41, 5.74) is -0.492. The Kier molecular flexibility index (Phi) is 5.50. The Morgan fingerprint density at radius 2 is 2.00 bits per heavy atom. The quantitative estimate of drug-likeness (QED) is 0.813.